The lowest BCUT2D eigenvalue weighted by Crippen LogP contribution is -2.19. The molecule has 2 aromatic carbocycles. The van der Waals surface area contributed by atoms with Crippen molar-refractivity contribution in [2.24, 2.45) is 0 Å². The monoisotopic (exact) mass is 313 g/mol. The first kappa shape index (κ1) is 17.0. The molecule has 4 heteroatoms. The molecule has 0 aliphatic carbocycles. The van der Waals surface area contributed by atoms with E-state index < -0.39 is 6.10 Å². The van der Waals surface area contributed by atoms with Gasteiger partial charge in [-0.15, -0.1) is 0 Å². The number of carbonyl (C=O) groups excluding carboxylic acids is 1. The third kappa shape index (κ3) is 5.75. The summed E-state index contributed by atoms with van der Waals surface area (Å²) in [6.45, 7) is 3.70. The largest absolute Gasteiger partial charge is 0.489 e. The second-order valence-corrected chi connectivity index (χ2v) is 5.67. The quantitative estimate of drug-likeness (QED) is 0.824. The van der Waals surface area contributed by atoms with E-state index in [0.717, 1.165) is 6.42 Å². The van der Waals surface area contributed by atoms with Crippen LogP contribution in [-0.4, -0.2) is 23.7 Å². The number of amides is 1. The molecule has 1 atom stereocenters. The molecule has 0 radical (unpaired) electrons. The van der Waals surface area contributed by atoms with Crippen LogP contribution in [0.4, 0.5) is 5.69 Å². The Hall–Kier alpha value is -2.33. The Labute approximate surface area is 137 Å². The van der Waals surface area contributed by atoms with E-state index in [0.29, 0.717) is 17.9 Å². The van der Waals surface area contributed by atoms with Crippen LogP contribution in [0.5, 0.6) is 5.75 Å². The van der Waals surface area contributed by atoms with Crippen molar-refractivity contribution in [2.75, 3.05) is 11.9 Å². The summed E-state index contributed by atoms with van der Waals surface area (Å²) in [6.07, 6.45) is 0.880. The van der Waals surface area contributed by atoms with E-state index in [-0.39, 0.29) is 12.5 Å². The van der Waals surface area contributed by atoms with Crippen molar-refractivity contribution < 1.29 is 14.6 Å². The van der Waals surface area contributed by atoms with Crippen molar-refractivity contribution in [3.8, 4) is 5.75 Å². The summed E-state index contributed by atoms with van der Waals surface area (Å²) in [4.78, 5) is 11.2. The Morgan fingerprint density at radius 2 is 1.87 bits per heavy atom. The average molecular weight is 313 g/mol. The highest BCUT2D eigenvalue weighted by Gasteiger charge is 2.09. The number of carbonyl (C=O) groups is 1. The van der Waals surface area contributed by atoms with Gasteiger partial charge in [-0.2, -0.15) is 0 Å². The van der Waals surface area contributed by atoms with E-state index in [1.807, 2.05) is 12.1 Å². The summed E-state index contributed by atoms with van der Waals surface area (Å²) in [6, 6.07) is 15.5. The zero-order valence-electron chi connectivity index (χ0n) is 13.6. The molecule has 0 fully saturated rings. The number of hydrogen-bond donors (Lipinski definition) is 2. The van der Waals surface area contributed by atoms with Gasteiger partial charge in [-0.3, -0.25) is 4.79 Å². The van der Waals surface area contributed by atoms with Crippen LogP contribution in [0.2, 0.25) is 0 Å². The van der Waals surface area contributed by atoms with Gasteiger partial charge < -0.3 is 15.2 Å². The zero-order chi connectivity index (χ0) is 16.7. The van der Waals surface area contributed by atoms with Crippen molar-refractivity contribution in [2.45, 2.75) is 32.8 Å². The Morgan fingerprint density at radius 1 is 1.17 bits per heavy atom. The van der Waals surface area contributed by atoms with E-state index in [1.165, 1.54) is 18.1 Å². The van der Waals surface area contributed by atoms with Crippen LogP contribution in [0.1, 0.15) is 24.5 Å². The van der Waals surface area contributed by atoms with Crippen LogP contribution in [-0.2, 0) is 11.2 Å². The van der Waals surface area contributed by atoms with Gasteiger partial charge in [0, 0.05) is 6.92 Å². The molecule has 0 spiro atoms. The molecule has 1 amide bonds. The van der Waals surface area contributed by atoms with E-state index in [4.69, 9.17) is 4.74 Å². The number of benzene rings is 2. The van der Waals surface area contributed by atoms with Crippen LogP contribution in [0.15, 0.2) is 48.5 Å². The molecule has 4 nitrogen and oxygen atoms in total. The van der Waals surface area contributed by atoms with Crippen molar-refractivity contribution in [1.29, 1.82) is 0 Å². The summed E-state index contributed by atoms with van der Waals surface area (Å²) in [5.74, 6) is 0.415. The number of ether oxygens (including phenoxy) is 1. The number of aliphatic hydroxyl groups is 1. The van der Waals surface area contributed by atoms with Crippen LogP contribution in [0.25, 0.3) is 0 Å². The number of para-hydroxylation sites is 2. The van der Waals surface area contributed by atoms with Gasteiger partial charge in [0.15, 0.2) is 0 Å². The minimum atomic E-state index is -0.554. The molecule has 23 heavy (non-hydrogen) atoms. The average Bonchev–Trinajstić information content (AvgIpc) is 2.53. The number of aryl methyl sites for hydroxylation is 2. The minimum Gasteiger partial charge on any atom is -0.489 e. The summed E-state index contributed by atoms with van der Waals surface area (Å²) in [5.41, 5.74) is 3.05. The molecule has 0 aliphatic heterocycles. The van der Waals surface area contributed by atoms with Crippen LogP contribution >= 0.6 is 0 Å². The molecule has 0 aliphatic rings. The van der Waals surface area contributed by atoms with E-state index in [9.17, 15) is 9.90 Å². The maximum atomic E-state index is 11.2. The first-order valence-corrected chi connectivity index (χ1v) is 7.77. The smallest absolute Gasteiger partial charge is 0.221 e. The lowest BCUT2D eigenvalue weighted by atomic mass is 10.1. The lowest BCUT2D eigenvalue weighted by molar-refractivity contribution is -0.114. The maximum absolute atomic E-state index is 11.2. The number of nitrogens with one attached hydrogen (secondary N) is 1. The number of hydrogen-bond acceptors (Lipinski definition) is 3. The van der Waals surface area contributed by atoms with Gasteiger partial charge in [0.1, 0.15) is 12.4 Å². The molecule has 2 aromatic rings. The molecule has 0 bridgehead atoms. The molecule has 1 unspecified atom stereocenters. The minimum absolute atomic E-state index is 0.152. The highest BCUT2D eigenvalue weighted by molar-refractivity contribution is 5.90. The van der Waals surface area contributed by atoms with Gasteiger partial charge >= 0.3 is 0 Å². The Bertz CT molecular complexity index is 637. The highest BCUT2D eigenvalue weighted by Crippen LogP contribution is 2.24. The van der Waals surface area contributed by atoms with Crippen LogP contribution in [0, 0.1) is 6.92 Å². The SMILES string of the molecule is CC(=O)Nc1ccccc1OCC(O)CCc1ccc(C)cc1. The number of anilines is 1. The van der Waals surface area contributed by atoms with Crippen molar-refractivity contribution in [3.63, 3.8) is 0 Å². The predicted molar refractivity (Wildman–Crippen MR) is 91.7 cm³/mol. The maximum Gasteiger partial charge on any atom is 0.221 e. The van der Waals surface area contributed by atoms with Crippen LogP contribution in [0.3, 0.4) is 0 Å². The summed E-state index contributed by atoms with van der Waals surface area (Å²) in [7, 11) is 0. The Balaban J connectivity index is 1.83. The van der Waals surface area contributed by atoms with Gasteiger partial charge in [-0.05, 0) is 37.5 Å². The molecule has 0 saturated carbocycles. The zero-order valence-corrected chi connectivity index (χ0v) is 13.6. The first-order valence-electron chi connectivity index (χ1n) is 7.77. The fraction of sp³-hybridized carbons (Fsp3) is 0.316. The summed E-state index contributed by atoms with van der Waals surface area (Å²) in [5, 5.41) is 12.8. The lowest BCUT2D eigenvalue weighted by Gasteiger charge is -2.15. The molecule has 122 valence electrons. The van der Waals surface area contributed by atoms with Crippen molar-refractivity contribution in [3.05, 3.63) is 59.7 Å². The first-order chi connectivity index (χ1) is 11.0. The van der Waals surface area contributed by atoms with Gasteiger partial charge in [-0.1, -0.05) is 42.0 Å². The van der Waals surface area contributed by atoms with Crippen LogP contribution < -0.4 is 10.1 Å². The fourth-order valence-electron chi connectivity index (χ4n) is 2.24. The van der Waals surface area contributed by atoms with Gasteiger partial charge in [0.05, 0.1) is 11.8 Å². The van der Waals surface area contributed by atoms with Gasteiger partial charge in [0.2, 0.25) is 5.91 Å². The highest BCUT2D eigenvalue weighted by atomic mass is 16.5. The molecule has 2 N–H and O–H groups in total. The van der Waals surface area contributed by atoms with Crippen molar-refractivity contribution >= 4 is 11.6 Å². The second kappa shape index (κ2) is 8.34. The standard InChI is InChI=1S/C19H23NO3/c1-14-7-9-16(10-8-14)11-12-17(22)13-23-19-6-4-3-5-18(19)20-15(2)21/h3-10,17,22H,11-13H2,1-2H3,(H,20,21). The fourth-order valence-corrected chi connectivity index (χ4v) is 2.24. The van der Waals surface area contributed by atoms with E-state index in [2.05, 4.69) is 36.5 Å². The summed E-state index contributed by atoms with van der Waals surface area (Å²) >= 11 is 0. The number of rotatable bonds is 7. The van der Waals surface area contributed by atoms with E-state index in [1.54, 1.807) is 12.1 Å². The molecular formula is C19H23NO3. The molecule has 0 aromatic heterocycles. The second-order valence-electron chi connectivity index (χ2n) is 5.67. The Kier molecular flexibility index (Phi) is 6.18. The Morgan fingerprint density at radius 3 is 2.57 bits per heavy atom. The molecule has 0 heterocycles. The predicted octanol–water partition coefficient (Wildman–Crippen LogP) is 3.33. The molecule has 0 saturated heterocycles. The normalized spacial score (nSPS) is 11.8. The van der Waals surface area contributed by atoms with Gasteiger partial charge in [-0.25, -0.2) is 0 Å². The molecular weight excluding hydrogens is 290 g/mol. The third-order valence-electron chi connectivity index (χ3n) is 3.52. The van der Waals surface area contributed by atoms with Crippen molar-refractivity contribution in [1.82, 2.24) is 0 Å². The van der Waals surface area contributed by atoms with E-state index >= 15 is 0 Å². The topological polar surface area (TPSA) is 58.6 Å². The number of aliphatic hydroxyl groups excluding tert-OH is 1. The summed E-state index contributed by atoms with van der Waals surface area (Å²) < 4.78 is 5.64. The molecule has 2 rings (SSSR count). The van der Waals surface area contributed by atoms with Gasteiger partial charge in [0.25, 0.3) is 0 Å². The third-order valence-corrected chi connectivity index (χ3v) is 3.52.